The maximum absolute atomic E-state index is 13.9. The van der Waals surface area contributed by atoms with Gasteiger partial charge in [-0.15, -0.1) is 11.3 Å². The van der Waals surface area contributed by atoms with Gasteiger partial charge in [-0.2, -0.15) is 0 Å². The lowest BCUT2D eigenvalue weighted by Crippen LogP contribution is -2.47. The monoisotopic (exact) mass is 492 g/mol. The standard InChI is InChI=1S/C28H32N2O4S/c1-19-10-12-20(13-11-19)27(28(32)29-21-7-4-5-8-21)30(26(31)18-23-9-6-16-35-23)24-15-14-22(33-2)17-25(24)34-3/h6,9-17,21,27H,4-5,7-8,18H2,1-3H3,(H,29,32). The average molecular weight is 493 g/mol. The minimum Gasteiger partial charge on any atom is -0.497 e. The molecule has 1 saturated carbocycles. The maximum Gasteiger partial charge on any atom is 0.248 e. The molecule has 6 nitrogen and oxygen atoms in total. The molecule has 0 saturated heterocycles. The second-order valence-electron chi connectivity index (χ2n) is 8.86. The molecule has 7 heteroatoms. The van der Waals surface area contributed by atoms with E-state index >= 15 is 0 Å². The minimum atomic E-state index is -0.842. The fraction of sp³-hybridized carbons (Fsp3) is 0.357. The number of anilines is 1. The lowest BCUT2D eigenvalue weighted by atomic mass is 10.00. The summed E-state index contributed by atoms with van der Waals surface area (Å²) in [6, 6.07) is 16.2. The maximum atomic E-state index is 13.9. The number of nitrogens with zero attached hydrogens (tertiary/aromatic N) is 1. The number of hydrogen-bond acceptors (Lipinski definition) is 5. The van der Waals surface area contributed by atoms with E-state index in [0.717, 1.165) is 41.7 Å². The fourth-order valence-electron chi connectivity index (χ4n) is 4.57. The fourth-order valence-corrected chi connectivity index (χ4v) is 5.26. The van der Waals surface area contributed by atoms with Crippen LogP contribution < -0.4 is 19.7 Å². The second-order valence-corrected chi connectivity index (χ2v) is 9.89. The molecule has 3 aromatic rings. The Labute approximate surface area is 210 Å². The third kappa shape index (κ3) is 5.85. The van der Waals surface area contributed by atoms with E-state index in [2.05, 4.69) is 5.32 Å². The highest BCUT2D eigenvalue weighted by molar-refractivity contribution is 7.10. The molecule has 1 heterocycles. The van der Waals surface area contributed by atoms with Gasteiger partial charge in [0.25, 0.3) is 0 Å². The Morgan fingerprint density at radius 2 is 1.80 bits per heavy atom. The van der Waals surface area contributed by atoms with Crippen LogP contribution in [-0.2, 0) is 16.0 Å². The number of amides is 2. The largest absolute Gasteiger partial charge is 0.497 e. The average Bonchev–Trinajstić information content (AvgIpc) is 3.57. The van der Waals surface area contributed by atoms with Gasteiger partial charge in [0.05, 0.1) is 26.3 Å². The van der Waals surface area contributed by atoms with Crippen molar-refractivity contribution in [1.82, 2.24) is 5.32 Å². The summed E-state index contributed by atoms with van der Waals surface area (Å²) in [5.74, 6) is 0.717. The third-order valence-electron chi connectivity index (χ3n) is 6.42. The molecule has 35 heavy (non-hydrogen) atoms. The van der Waals surface area contributed by atoms with Crippen molar-refractivity contribution < 1.29 is 19.1 Å². The lowest BCUT2D eigenvalue weighted by molar-refractivity contribution is -0.127. The predicted octanol–water partition coefficient (Wildman–Crippen LogP) is 5.45. The van der Waals surface area contributed by atoms with Gasteiger partial charge in [0.15, 0.2) is 0 Å². The number of hydrogen-bond donors (Lipinski definition) is 1. The minimum absolute atomic E-state index is 0.127. The van der Waals surface area contributed by atoms with E-state index in [1.165, 1.54) is 11.3 Å². The van der Waals surface area contributed by atoms with E-state index in [9.17, 15) is 9.59 Å². The molecule has 1 aliphatic carbocycles. The summed E-state index contributed by atoms with van der Waals surface area (Å²) in [4.78, 5) is 30.3. The summed E-state index contributed by atoms with van der Waals surface area (Å²) in [7, 11) is 3.14. The first-order chi connectivity index (χ1) is 17.0. The van der Waals surface area contributed by atoms with E-state index in [0.29, 0.717) is 17.2 Å². The van der Waals surface area contributed by atoms with Gasteiger partial charge in [-0.05, 0) is 48.9 Å². The van der Waals surface area contributed by atoms with Gasteiger partial charge in [-0.25, -0.2) is 0 Å². The van der Waals surface area contributed by atoms with E-state index in [1.807, 2.05) is 48.7 Å². The van der Waals surface area contributed by atoms with Gasteiger partial charge in [-0.1, -0.05) is 48.7 Å². The zero-order valence-electron chi connectivity index (χ0n) is 20.5. The quantitative estimate of drug-likeness (QED) is 0.431. The van der Waals surface area contributed by atoms with Gasteiger partial charge in [0.1, 0.15) is 17.5 Å². The van der Waals surface area contributed by atoms with Crippen molar-refractivity contribution >= 4 is 28.8 Å². The Bertz CT molecular complexity index is 1140. The van der Waals surface area contributed by atoms with Gasteiger partial charge in [0, 0.05) is 17.0 Å². The molecule has 1 N–H and O–H groups in total. The van der Waals surface area contributed by atoms with Crippen LogP contribution in [-0.4, -0.2) is 32.1 Å². The third-order valence-corrected chi connectivity index (χ3v) is 7.30. The summed E-state index contributed by atoms with van der Waals surface area (Å²) >= 11 is 1.52. The summed E-state index contributed by atoms with van der Waals surface area (Å²) < 4.78 is 11.0. The van der Waals surface area contributed by atoms with Crippen LogP contribution in [0.25, 0.3) is 0 Å². The van der Waals surface area contributed by atoms with Crippen LogP contribution in [0.4, 0.5) is 5.69 Å². The highest BCUT2D eigenvalue weighted by atomic mass is 32.1. The predicted molar refractivity (Wildman–Crippen MR) is 139 cm³/mol. The zero-order valence-corrected chi connectivity index (χ0v) is 21.3. The van der Waals surface area contributed by atoms with Crippen molar-refractivity contribution in [3.8, 4) is 11.5 Å². The molecule has 2 amide bonds. The highest BCUT2D eigenvalue weighted by Crippen LogP contribution is 2.38. The van der Waals surface area contributed by atoms with Crippen molar-refractivity contribution in [3.63, 3.8) is 0 Å². The van der Waals surface area contributed by atoms with Crippen LogP contribution in [0.5, 0.6) is 11.5 Å². The van der Waals surface area contributed by atoms with Gasteiger partial charge in [-0.3, -0.25) is 14.5 Å². The Morgan fingerprint density at radius 3 is 2.43 bits per heavy atom. The number of thiophene rings is 1. The number of nitrogens with one attached hydrogen (secondary N) is 1. The summed E-state index contributed by atoms with van der Waals surface area (Å²) in [5, 5.41) is 5.17. The first-order valence-electron chi connectivity index (χ1n) is 11.9. The Morgan fingerprint density at radius 1 is 1.06 bits per heavy atom. The molecule has 0 radical (unpaired) electrons. The Balaban J connectivity index is 1.82. The molecule has 2 aromatic carbocycles. The number of carbonyl (C=O) groups excluding carboxylic acids is 2. The number of benzene rings is 2. The van der Waals surface area contributed by atoms with Gasteiger partial charge < -0.3 is 14.8 Å². The number of methoxy groups -OCH3 is 2. The molecule has 184 valence electrons. The van der Waals surface area contributed by atoms with Crippen LogP contribution >= 0.6 is 11.3 Å². The van der Waals surface area contributed by atoms with Crippen molar-refractivity contribution in [2.75, 3.05) is 19.1 Å². The molecule has 1 aromatic heterocycles. The molecular weight excluding hydrogens is 460 g/mol. The van der Waals surface area contributed by atoms with Crippen LogP contribution in [0.15, 0.2) is 60.0 Å². The molecule has 1 atom stereocenters. The molecule has 0 bridgehead atoms. The normalized spacial score (nSPS) is 14.4. The van der Waals surface area contributed by atoms with E-state index < -0.39 is 6.04 Å². The van der Waals surface area contributed by atoms with Crippen LogP contribution in [0.3, 0.4) is 0 Å². The zero-order chi connectivity index (χ0) is 24.8. The van der Waals surface area contributed by atoms with Gasteiger partial charge >= 0.3 is 0 Å². The molecular formula is C28H32N2O4S. The van der Waals surface area contributed by atoms with Crippen molar-refractivity contribution in [3.05, 3.63) is 76.0 Å². The molecule has 1 fully saturated rings. The summed E-state index contributed by atoms with van der Waals surface area (Å²) in [6.07, 6.45) is 4.32. The van der Waals surface area contributed by atoms with Crippen molar-refractivity contribution in [1.29, 1.82) is 0 Å². The first-order valence-corrected chi connectivity index (χ1v) is 12.8. The second kappa shape index (κ2) is 11.4. The van der Waals surface area contributed by atoms with Crippen molar-refractivity contribution in [2.24, 2.45) is 0 Å². The Hall–Kier alpha value is -3.32. The lowest BCUT2D eigenvalue weighted by Gasteiger charge is -2.33. The summed E-state index contributed by atoms with van der Waals surface area (Å²) in [5.41, 5.74) is 2.37. The number of rotatable bonds is 9. The SMILES string of the molecule is COc1ccc(N(C(=O)Cc2cccs2)C(C(=O)NC2CCCC2)c2ccc(C)cc2)c(OC)c1. The van der Waals surface area contributed by atoms with Crippen LogP contribution in [0.2, 0.25) is 0 Å². The van der Waals surface area contributed by atoms with E-state index in [4.69, 9.17) is 9.47 Å². The smallest absolute Gasteiger partial charge is 0.248 e. The number of ether oxygens (including phenoxy) is 2. The number of aryl methyl sites for hydroxylation is 1. The molecule has 0 aliphatic heterocycles. The van der Waals surface area contributed by atoms with Crippen LogP contribution in [0, 0.1) is 6.92 Å². The molecule has 1 unspecified atom stereocenters. The number of carbonyl (C=O) groups is 2. The molecule has 4 rings (SSSR count). The first kappa shape index (κ1) is 24.8. The Kier molecular flexibility index (Phi) is 8.08. The van der Waals surface area contributed by atoms with Gasteiger partial charge in [0.2, 0.25) is 11.8 Å². The van der Waals surface area contributed by atoms with E-state index in [-0.39, 0.29) is 24.3 Å². The molecule has 0 spiro atoms. The molecule has 1 aliphatic rings. The highest BCUT2D eigenvalue weighted by Gasteiger charge is 2.35. The topological polar surface area (TPSA) is 67.9 Å². The summed E-state index contributed by atoms with van der Waals surface area (Å²) in [6.45, 7) is 2.00. The van der Waals surface area contributed by atoms with E-state index in [1.54, 1.807) is 37.3 Å². The van der Waals surface area contributed by atoms with Crippen molar-refractivity contribution in [2.45, 2.75) is 51.1 Å². The van der Waals surface area contributed by atoms with Crippen LogP contribution in [0.1, 0.15) is 47.7 Å².